The molecule has 1 rings (SSSR count). The molecular formula is C21H32N2O5S. The summed E-state index contributed by atoms with van der Waals surface area (Å²) in [6, 6.07) is 8.40. The molecule has 0 bridgehead atoms. The van der Waals surface area contributed by atoms with Crippen LogP contribution in [0.4, 0.5) is 4.79 Å². The van der Waals surface area contributed by atoms with Crippen LogP contribution in [0.25, 0.3) is 0 Å². The third-order valence-corrected chi connectivity index (χ3v) is 4.58. The Bertz CT molecular complexity index is 673. The predicted octanol–water partition coefficient (Wildman–Crippen LogP) is 3.72. The second-order valence-corrected chi connectivity index (χ2v) is 9.08. The Kier molecular flexibility index (Phi) is 10.0. The summed E-state index contributed by atoms with van der Waals surface area (Å²) in [5.74, 6) is -0.871. The Balaban J connectivity index is 2.92. The third-order valence-electron chi connectivity index (χ3n) is 3.49. The Morgan fingerprint density at radius 1 is 1.07 bits per heavy atom. The number of alkyl carbamates (subject to hydrolysis) is 1. The molecule has 0 aliphatic carbocycles. The lowest BCUT2D eigenvalue weighted by Crippen LogP contribution is -2.52. The van der Waals surface area contributed by atoms with Crippen LogP contribution in [0.5, 0.6) is 0 Å². The fourth-order valence-electron chi connectivity index (χ4n) is 2.37. The minimum Gasteiger partial charge on any atom is -0.464 e. The van der Waals surface area contributed by atoms with E-state index in [9.17, 15) is 14.4 Å². The zero-order valence-electron chi connectivity index (χ0n) is 18.0. The number of ether oxygens (including phenoxy) is 2. The van der Waals surface area contributed by atoms with E-state index in [1.807, 2.05) is 44.2 Å². The molecule has 0 radical (unpaired) electrons. The van der Waals surface area contributed by atoms with Crippen LogP contribution >= 0.6 is 11.8 Å². The van der Waals surface area contributed by atoms with Crippen molar-refractivity contribution in [3.63, 3.8) is 0 Å². The van der Waals surface area contributed by atoms with Gasteiger partial charge < -0.3 is 20.1 Å². The predicted molar refractivity (Wildman–Crippen MR) is 113 cm³/mol. The van der Waals surface area contributed by atoms with Crippen LogP contribution in [0.1, 0.15) is 48.0 Å². The van der Waals surface area contributed by atoms with Gasteiger partial charge in [0.05, 0.1) is 6.61 Å². The van der Waals surface area contributed by atoms with Crippen LogP contribution in [0.2, 0.25) is 0 Å². The smallest absolute Gasteiger partial charge is 0.408 e. The fourth-order valence-corrected chi connectivity index (χ4v) is 3.30. The molecule has 0 spiro atoms. The molecule has 0 aromatic heterocycles. The molecule has 1 aromatic rings. The first-order chi connectivity index (χ1) is 13.5. The van der Waals surface area contributed by atoms with Gasteiger partial charge in [-0.2, -0.15) is 0 Å². The molecule has 0 fully saturated rings. The molecule has 2 N–H and O–H groups in total. The Morgan fingerprint density at radius 3 is 2.21 bits per heavy atom. The van der Waals surface area contributed by atoms with E-state index in [1.54, 1.807) is 27.7 Å². The highest BCUT2D eigenvalue weighted by atomic mass is 32.2. The number of carbonyl (C=O) groups is 3. The van der Waals surface area contributed by atoms with Crippen LogP contribution in [0, 0.1) is 5.92 Å². The zero-order chi connectivity index (χ0) is 22.0. The van der Waals surface area contributed by atoms with E-state index in [-0.39, 0.29) is 12.5 Å². The summed E-state index contributed by atoms with van der Waals surface area (Å²) in [7, 11) is 0. The van der Waals surface area contributed by atoms with Crippen molar-refractivity contribution in [1.82, 2.24) is 10.6 Å². The summed E-state index contributed by atoms with van der Waals surface area (Å²) in [4.78, 5) is 38.2. The molecule has 0 aliphatic heterocycles. The summed E-state index contributed by atoms with van der Waals surface area (Å²) in [6.07, 6.45) is -0.280. The molecule has 0 heterocycles. The first-order valence-corrected chi connectivity index (χ1v) is 10.6. The van der Waals surface area contributed by atoms with E-state index in [0.29, 0.717) is 6.42 Å². The summed E-state index contributed by atoms with van der Waals surface area (Å²) < 4.78 is 10.4. The lowest BCUT2D eigenvalue weighted by atomic mass is 10.0. The summed E-state index contributed by atoms with van der Waals surface area (Å²) in [5, 5.41) is 4.38. The molecule has 0 saturated heterocycles. The molecule has 7 nitrogen and oxygen atoms in total. The van der Waals surface area contributed by atoms with E-state index in [0.717, 1.165) is 4.90 Å². The molecular weight excluding hydrogens is 392 g/mol. The van der Waals surface area contributed by atoms with Crippen molar-refractivity contribution in [3.05, 3.63) is 30.3 Å². The summed E-state index contributed by atoms with van der Waals surface area (Å²) in [6.45, 7) is 11.0. The van der Waals surface area contributed by atoms with Crippen molar-refractivity contribution in [2.24, 2.45) is 5.92 Å². The normalized spacial score (nSPS) is 13.3. The van der Waals surface area contributed by atoms with Crippen molar-refractivity contribution in [2.75, 3.05) is 6.61 Å². The van der Waals surface area contributed by atoms with Crippen molar-refractivity contribution < 1.29 is 23.9 Å². The second-order valence-electron chi connectivity index (χ2n) is 7.90. The maximum atomic E-state index is 12.9. The molecule has 0 aliphatic rings. The molecule has 162 valence electrons. The second kappa shape index (κ2) is 11.7. The number of rotatable bonds is 9. The highest BCUT2D eigenvalue weighted by molar-refractivity contribution is 8.00. The van der Waals surface area contributed by atoms with E-state index in [2.05, 4.69) is 10.6 Å². The largest absolute Gasteiger partial charge is 0.464 e. The molecule has 1 unspecified atom stereocenters. The number of thioether (sulfide) groups is 1. The number of benzene rings is 1. The van der Waals surface area contributed by atoms with Crippen molar-refractivity contribution in [3.8, 4) is 0 Å². The van der Waals surface area contributed by atoms with Gasteiger partial charge in [-0.1, -0.05) is 43.8 Å². The van der Waals surface area contributed by atoms with Gasteiger partial charge >= 0.3 is 12.1 Å². The Labute approximate surface area is 177 Å². The highest BCUT2D eigenvalue weighted by Gasteiger charge is 2.30. The van der Waals surface area contributed by atoms with Gasteiger partial charge in [0, 0.05) is 4.90 Å². The third kappa shape index (κ3) is 10.2. The Hall–Kier alpha value is -2.22. The first-order valence-electron chi connectivity index (χ1n) is 9.70. The van der Waals surface area contributed by atoms with Crippen LogP contribution in [0.3, 0.4) is 0 Å². The van der Waals surface area contributed by atoms with E-state index < -0.39 is 35.0 Å². The maximum Gasteiger partial charge on any atom is 0.408 e. The van der Waals surface area contributed by atoms with Gasteiger partial charge in [0.2, 0.25) is 5.91 Å². The topological polar surface area (TPSA) is 93.7 Å². The quantitative estimate of drug-likeness (QED) is 0.356. The number of amides is 2. The molecule has 29 heavy (non-hydrogen) atoms. The minimum atomic E-state index is -0.931. The van der Waals surface area contributed by atoms with Gasteiger partial charge in [-0.15, -0.1) is 0 Å². The standard InChI is InChI=1S/C21H32N2O5S/c1-7-27-19(25)18(29-15-11-9-8-10-12-15)23-17(24)16(13-14(2)3)22-20(26)28-21(4,5)6/h8-12,14,16,18H,7,13H2,1-6H3,(H,22,26)(H,23,24)/t16-,18?/m0/s1. The lowest BCUT2D eigenvalue weighted by Gasteiger charge is -2.25. The van der Waals surface area contributed by atoms with Gasteiger partial charge in [0.15, 0.2) is 5.37 Å². The molecule has 8 heteroatoms. The minimum absolute atomic E-state index is 0.142. The summed E-state index contributed by atoms with van der Waals surface area (Å²) in [5.41, 5.74) is -0.681. The average Bonchev–Trinajstić information content (AvgIpc) is 2.59. The summed E-state index contributed by atoms with van der Waals surface area (Å²) >= 11 is 1.18. The van der Waals surface area contributed by atoms with E-state index in [4.69, 9.17) is 9.47 Å². The molecule has 1 aromatic carbocycles. The van der Waals surface area contributed by atoms with Crippen LogP contribution in [-0.2, 0) is 19.1 Å². The number of nitrogens with one attached hydrogen (secondary N) is 2. The number of hydrogen-bond acceptors (Lipinski definition) is 6. The fraction of sp³-hybridized carbons (Fsp3) is 0.571. The van der Waals surface area contributed by atoms with Crippen LogP contribution in [-0.4, -0.2) is 41.6 Å². The van der Waals surface area contributed by atoms with Gasteiger partial charge in [0.1, 0.15) is 11.6 Å². The number of carbonyl (C=O) groups excluding carboxylic acids is 3. The van der Waals surface area contributed by atoms with Gasteiger partial charge in [0.25, 0.3) is 0 Å². The maximum absolute atomic E-state index is 12.9. The van der Waals surface area contributed by atoms with Gasteiger partial charge in [-0.3, -0.25) is 4.79 Å². The molecule has 2 amide bonds. The number of esters is 1. The SMILES string of the molecule is CCOC(=O)C(NC(=O)[C@H](CC(C)C)NC(=O)OC(C)(C)C)Sc1ccccc1. The van der Waals surface area contributed by atoms with Crippen LogP contribution in [0.15, 0.2) is 35.2 Å². The van der Waals surface area contributed by atoms with Crippen molar-refractivity contribution in [1.29, 1.82) is 0 Å². The Morgan fingerprint density at radius 2 is 1.69 bits per heavy atom. The van der Waals surface area contributed by atoms with Crippen LogP contribution < -0.4 is 10.6 Å². The molecule has 0 saturated carbocycles. The molecule has 2 atom stereocenters. The zero-order valence-corrected chi connectivity index (χ0v) is 18.8. The number of hydrogen-bond donors (Lipinski definition) is 2. The average molecular weight is 425 g/mol. The van der Waals surface area contributed by atoms with Crippen molar-refractivity contribution in [2.45, 2.75) is 69.9 Å². The van der Waals surface area contributed by atoms with Gasteiger partial charge in [-0.25, -0.2) is 9.59 Å². The lowest BCUT2D eigenvalue weighted by molar-refractivity contribution is -0.144. The van der Waals surface area contributed by atoms with E-state index in [1.165, 1.54) is 11.8 Å². The highest BCUT2D eigenvalue weighted by Crippen LogP contribution is 2.23. The monoisotopic (exact) mass is 424 g/mol. The first kappa shape index (κ1) is 24.8. The van der Waals surface area contributed by atoms with E-state index >= 15 is 0 Å². The van der Waals surface area contributed by atoms with Gasteiger partial charge in [-0.05, 0) is 52.2 Å². The van der Waals surface area contributed by atoms with Crippen molar-refractivity contribution >= 4 is 29.7 Å².